The van der Waals surface area contributed by atoms with Gasteiger partial charge in [-0.15, -0.1) is 0 Å². The highest BCUT2D eigenvalue weighted by molar-refractivity contribution is 6.42. The molecule has 0 aromatic heterocycles. The quantitative estimate of drug-likeness (QED) is 0.653. The van der Waals surface area contributed by atoms with Crippen molar-refractivity contribution >= 4 is 35.2 Å². The van der Waals surface area contributed by atoms with Crippen LogP contribution in [0.1, 0.15) is 11.6 Å². The summed E-state index contributed by atoms with van der Waals surface area (Å²) >= 11 is 11.9. The van der Waals surface area contributed by atoms with Gasteiger partial charge in [0.15, 0.2) is 0 Å². The van der Waals surface area contributed by atoms with Crippen LogP contribution in [0.5, 0.6) is 0 Å². The Labute approximate surface area is 137 Å². The number of esters is 1. The molecule has 2 rings (SSSR count). The second-order valence-corrected chi connectivity index (χ2v) is 5.49. The van der Waals surface area contributed by atoms with Crippen molar-refractivity contribution in [2.24, 2.45) is 5.92 Å². The molecular formula is C15H14Cl2N2O3. The summed E-state index contributed by atoms with van der Waals surface area (Å²) in [7, 11) is 0. The van der Waals surface area contributed by atoms with E-state index >= 15 is 0 Å². The Morgan fingerprint density at radius 3 is 2.73 bits per heavy atom. The lowest BCUT2D eigenvalue weighted by Gasteiger charge is -2.33. The number of benzene rings is 1. The van der Waals surface area contributed by atoms with E-state index < -0.39 is 24.0 Å². The van der Waals surface area contributed by atoms with E-state index in [-0.39, 0.29) is 12.3 Å². The van der Waals surface area contributed by atoms with Crippen molar-refractivity contribution in [1.82, 2.24) is 10.6 Å². The molecule has 1 aromatic carbocycles. The monoisotopic (exact) mass is 340 g/mol. The van der Waals surface area contributed by atoms with Gasteiger partial charge in [-0.25, -0.2) is 4.79 Å². The topological polar surface area (TPSA) is 67.4 Å². The number of nitrogens with one attached hydrogen (secondary N) is 2. The summed E-state index contributed by atoms with van der Waals surface area (Å²) in [5.41, 5.74) is 0.889. The summed E-state index contributed by atoms with van der Waals surface area (Å²) in [6.45, 7) is 7.30. The first-order valence-electron chi connectivity index (χ1n) is 6.43. The first kappa shape index (κ1) is 16.4. The summed E-state index contributed by atoms with van der Waals surface area (Å²) in [6, 6.07) is 3.79. The third kappa shape index (κ3) is 3.43. The Bertz CT molecular complexity index is 646. The van der Waals surface area contributed by atoms with Crippen molar-refractivity contribution in [3.05, 3.63) is 58.7 Å². The van der Waals surface area contributed by atoms with Crippen molar-refractivity contribution in [3.8, 4) is 0 Å². The van der Waals surface area contributed by atoms with E-state index in [1.807, 2.05) is 0 Å². The molecule has 0 saturated carbocycles. The molecule has 1 aromatic rings. The molecular weight excluding hydrogens is 327 g/mol. The van der Waals surface area contributed by atoms with Gasteiger partial charge in [0.05, 0.1) is 16.1 Å². The van der Waals surface area contributed by atoms with Gasteiger partial charge in [0, 0.05) is 5.70 Å². The highest BCUT2D eigenvalue weighted by atomic mass is 35.5. The summed E-state index contributed by atoms with van der Waals surface area (Å²) in [5, 5.41) is 5.87. The number of hydrogen-bond donors (Lipinski definition) is 2. The maximum Gasteiger partial charge on any atom is 0.319 e. The second kappa shape index (κ2) is 6.85. The fourth-order valence-electron chi connectivity index (χ4n) is 2.18. The molecule has 0 bridgehead atoms. The lowest BCUT2D eigenvalue weighted by molar-refractivity contribution is -0.147. The summed E-state index contributed by atoms with van der Waals surface area (Å²) in [4.78, 5) is 23.9. The average molecular weight is 341 g/mol. The van der Waals surface area contributed by atoms with Gasteiger partial charge < -0.3 is 15.4 Å². The normalized spacial score (nSPS) is 20.8. The predicted molar refractivity (Wildman–Crippen MR) is 84.7 cm³/mol. The molecule has 0 spiro atoms. The summed E-state index contributed by atoms with van der Waals surface area (Å²) < 4.78 is 5.07. The van der Waals surface area contributed by atoms with Gasteiger partial charge in [-0.05, 0) is 17.7 Å². The van der Waals surface area contributed by atoms with Gasteiger partial charge >= 0.3 is 12.0 Å². The predicted octanol–water partition coefficient (Wildman–Crippen LogP) is 3.21. The van der Waals surface area contributed by atoms with E-state index in [4.69, 9.17) is 27.9 Å². The molecule has 0 unspecified atom stereocenters. The van der Waals surface area contributed by atoms with E-state index in [2.05, 4.69) is 23.8 Å². The molecule has 2 N–H and O–H groups in total. The molecule has 1 aliphatic rings. The minimum Gasteiger partial charge on any atom is -0.461 e. The van der Waals surface area contributed by atoms with Crippen molar-refractivity contribution in [1.29, 1.82) is 0 Å². The fraction of sp³-hybridized carbons (Fsp3) is 0.200. The Morgan fingerprint density at radius 2 is 2.09 bits per heavy atom. The van der Waals surface area contributed by atoms with E-state index in [0.29, 0.717) is 15.6 Å². The zero-order chi connectivity index (χ0) is 16.3. The van der Waals surface area contributed by atoms with Crippen LogP contribution in [-0.2, 0) is 9.53 Å². The van der Waals surface area contributed by atoms with E-state index in [1.54, 1.807) is 18.2 Å². The zero-order valence-corrected chi connectivity index (χ0v) is 13.1. The SMILES string of the molecule is C=CCOC(=O)[C@H]1C(=C)NC(=O)N[C@@H]1c1ccc(Cl)c(Cl)c1. The number of ether oxygens (including phenoxy) is 1. The van der Waals surface area contributed by atoms with Gasteiger partial charge in [-0.2, -0.15) is 0 Å². The number of carbonyl (C=O) groups excluding carboxylic acids is 2. The Hall–Kier alpha value is -1.98. The standard InChI is InChI=1S/C15H14Cl2N2O3/c1-3-6-22-14(20)12-8(2)18-15(21)19-13(12)9-4-5-10(16)11(17)7-9/h3-5,7,12-13H,1-2,6H2,(H2,18,19,21)/t12-,13+/m0/s1. The molecule has 0 aliphatic carbocycles. The molecule has 1 saturated heterocycles. The van der Waals surface area contributed by atoms with Gasteiger partial charge in [0.25, 0.3) is 0 Å². The van der Waals surface area contributed by atoms with E-state index in [1.165, 1.54) is 6.08 Å². The van der Waals surface area contributed by atoms with Crippen molar-refractivity contribution in [3.63, 3.8) is 0 Å². The van der Waals surface area contributed by atoms with Crippen LogP contribution in [0.25, 0.3) is 0 Å². The number of urea groups is 1. The molecule has 1 heterocycles. The molecule has 5 nitrogen and oxygen atoms in total. The van der Waals surface area contributed by atoms with Crippen LogP contribution in [0.15, 0.2) is 43.1 Å². The van der Waals surface area contributed by atoms with Crippen LogP contribution in [-0.4, -0.2) is 18.6 Å². The largest absolute Gasteiger partial charge is 0.461 e. The van der Waals surface area contributed by atoms with Gasteiger partial charge in [0.2, 0.25) is 0 Å². The number of rotatable bonds is 4. The molecule has 0 radical (unpaired) electrons. The van der Waals surface area contributed by atoms with Crippen LogP contribution in [0.3, 0.4) is 0 Å². The van der Waals surface area contributed by atoms with E-state index in [0.717, 1.165) is 0 Å². The molecule has 2 atom stereocenters. The third-order valence-corrected chi connectivity index (χ3v) is 3.91. The molecule has 2 amide bonds. The third-order valence-electron chi connectivity index (χ3n) is 3.17. The zero-order valence-electron chi connectivity index (χ0n) is 11.6. The van der Waals surface area contributed by atoms with E-state index in [9.17, 15) is 9.59 Å². The maximum absolute atomic E-state index is 12.2. The highest BCUT2D eigenvalue weighted by Gasteiger charge is 2.38. The first-order chi connectivity index (χ1) is 10.4. The van der Waals surface area contributed by atoms with Crippen molar-refractivity contribution < 1.29 is 14.3 Å². The van der Waals surface area contributed by atoms with Crippen LogP contribution in [0.2, 0.25) is 10.0 Å². The van der Waals surface area contributed by atoms with Crippen molar-refractivity contribution in [2.45, 2.75) is 6.04 Å². The number of carbonyl (C=O) groups is 2. The molecule has 22 heavy (non-hydrogen) atoms. The number of halogens is 2. The van der Waals surface area contributed by atoms with Gasteiger partial charge in [-0.1, -0.05) is 48.5 Å². The first-order valence-corrected chi connectivity index (χ1v) is 7.18. The average Bonchev–Trinajstić information content (AvgIpc) is 2.46. The Kier molecular flexibility index (Phi) is 5.11. The lowest BCUT2D eigenvalue weighted by atomic mass is 9.89. The summed E-state index contributed by atoms with van der Waals surface area (Å²) in [5.74, 6) is -1.30. The van der Waals surface area contributed by atoms with Crippen LogP contribution in [0.4, 0.5) is 4.79 Å². The number of hydrogen-bond acceptors (Lipinski definition) is 3. The Balaban J connectivity index is 2.35. The minimum absolute atomic E-state index is 0.0741. The lowest BCUT2D eigenvalue weighted by Crippen LogP contribution is -2.51. The highest BCUT2D eigenvalue weighted by Crippen LogP contribution is 2.33. The maximum atomic E-state index is 12.2. The number of amides is 2. The molecule has 1 fully saturated rings. The van der Waals surface area contributed by atoms with Crippen molar-refractivity contribution in [2.75, 3.05) is 6.61 Å². The Morgan fingerprint density at radius 1 is 1.36 bits per heavy atom. The second-order valence-electron chi connectivity index (χ2n) is 4.67. The fourth-order valence-corrected chi connectivity index (χ4v) is 2.48. The van der Waals surface area contributed by atoms with Gasteiger partial charge in [0.1, 0.15) is 12.5 Å². The molecule has 7 heteroatoms. The van der Waals surface area contributed by atoms with Gasteiger partial charge in [-0.3, -0.25) is 4.79 Å². The minimum atomic E-state index is -0.783. The van der Waals surface area contributed by atoms with Crippen LogP contribution in [0, 0.1) is 5.92 Å². The summed E-state index contributed by atoms with van der Waals surface area (Å²) in [6.07, 6.45) is 1.46. The van der Waals surface area contributed by atoms with Crippen LogP contribution < -0.4 is 10.6 Å². The van der Waals surface area contributed by atoms with Crippen LogP contribution >= 0.6 is 23.2 Å². The smallest absolute Gasteiger partial charge is 0.319 e. The molecule has 116 valence electrons. The molecule has 1 aliphatic heterocycles.